The summed E-state index contributed by atoms with van der Waals surface area (Å²) in [6.07, 6.45) is 6.92. The number of ketones is 1. The molecule has 1 fully saturated rings. The highest BCUT2D eigenvalue weighted by molar-refractivity contribution is 5.97. The Morgan fingerprint density at radius 2 is 1.88 bits per heavy atom. The Morgan fingerprint density at radius 1 is 1.16 bits per heavy atom. The van der Waals surface area contributed by atoms with E-state index >= 15 is 0 Å². The molecule has 4 rings (SSSR count). The molecule has 3 aliphatic carbocycles. The number of carbonyl (C=O) groups is 3. The Balaban J connectivity index is 1.77. The van der Waals surface area contributed by atoms with Gasteiger partial charge in [-0.05, 0) is 61.5 Å². The lowest BCUT2D eigenvalue weighted by molar-refractivity contribution is -0.118. The standard InChI is InChI=1S/C28H34O4/c1-18(2)22-9-10-28(17-30)12-11-27(3)23(26(22)28)13-20(21(16-29)15-25(27)32)14-24(31)19-7-5-4-6-8-19/h4-8,15-18,20,23,25,32H,9-14H2,1-3H3/t20-,23+,25-,27+,28+/m0/s1. The molecule has 1 saturated carbocycles. The van der Waals surface area contributed by atoms with Gasteiger partial charge in [0.15, 0.2) is 5.78 Å². The van der Waals surface area contributed by atoms with Crippen molar-refractivity contribution in [3.63, 3.8) is 0 Å². The molecule has 0 amide bonds. The third kappa shape index (κ3) is 3.63. The maximum absolute atomic E-state index is 13.1. The van der Waals surface area contributed by atoms with E-state index in [0.29, 0.717) is 23.5 Å². The molecular weight excluding hydrogens is 400 g/mol. The van der Waals surface area contributed by atoms with E-state index in [1.807, 2.05) is 18.2 Å². The molecule has 3 aliphatic rings. The number of benzene rings is 1. The van der Waals surface area contributed by atoms with Gasteiger partial charge in [-0.2, -0.15) is 0 Å². The number of hydrogen-bond donors (Lipinski definition) is 1. The van der Waals surface area contributed by atoms with Crippen molar-refractivity contribution in [3.05, 3.63) is 58.7 Å². The summed E-state index contributed by atoms with van der Waals surface area (Å²) in [5.41, 5.74) is 2.78. The molecule has 0 unspecified atom stereocenters. The fraction of sp³-hybridized carbons (Fsp3) is 0.536. The summed E-state index contributed by atoms with van der Waals surface area (Å²) in [5, 5.41) is 11.3. The number of Topliss-reactive ketones (excluding diaryl/α,β-unsaturated/α-hetero) is 1. The molecule has 4 nitrogen and oxygen atoms in total. The summed E-state index contributed by atoms with van der Waals surface area (Å²) in [4.78, 5) is 37.5. The molecule has 0 heterocycles. The zero-order valence-electron chi connectivity index (χ0n) is 19.3. The normalized spacial score (nSPS) is 34.4. The van der Waals surface area contributed by atoms with Gasteiger partial charge in [0.05, 0.1) is 6.10 Å². The second-order valence-corrected chi connectivity index (χ2v) is 10.6. The van der Waals surface area contributed by atoms with E-state index < -0.39 is 16.9 Å². The maximum atomic E-state index is 13.1. The molecule has 1 aromatic carbocycles. The van der Waals surface area contributed by atoms with Crippen molar-refractivity contribution in [1.29, 1.82) is 0 Å². The first-order valence-corrected chi connectivity index (χ1v) is 11.9. The topological polar surface area (TPSA) is 71.4 Å². The van der Waals surface area contributed by atoms with Crippen molar-refractivity contribution < 1.29 is 19.5 Å². The lowest BCUT2D eigenvalue weighted by atomic mass is 9.53. The van der Waals surface area contributed by atoms with Gasteiger partial charge < -0.3 is 9.90 Å². The van der Waals surface area contributed by atoms with Crippen molar-refractivity contribution >= 4 is 18.4 Å². The van der Waals surface area contributed by atoms with Crippen LogP contribution in [0.5, 0.6) is 0 Å². The summed E-state index contributed by atoms with van der Waals surface area (Å²) < 4.78 is 0. The van der Waals surface area contributed by atoms with E-state index in [1.165, 1.54) is 11.1 Å². The lowest BCUT2D eigenvalue weighted by Gasteiger charge is -2.51. The molecule has 0 radical (unpaired) electrons. The number of fused-ring (bicyclic) bond motifs is 3. The van der Waals surface area contributed by atoms with Gasteiger partial charge in [0, 0.05) is 22.8 Å². The molecule has 170 valence electrons. The van der Waals surface area contributed by atoms with Crippen LogP contribution >= 0.6 is 0 Å². The van der Waals surface area contributed by atoms with Gasteiger partial charge >= 0.3 is 0 Å². The number of aliphatic hydroxyl groups excluding tert-OH is 1. The molecule has 0 saturated heterocycles. The van der Waals surface area contributed by atoms with Crippen molar-refractivity contribution in [2.75, 3.05) is 0 Å². The quantitative estimate of drug-likeness (QED) is 0.383. The van der Waals surface area contributed by atoms with Crippen molar-refractivity contribution in [3.8, 4) is 0 Å². The molecular formula is C28H34O4. The first kappa shape index (κ1) is 22.8. The fourth-order valence-corrected chi connectivity index (χ4v) is 6.53. The fourth-order valence-electron chi connectivity index (χ4n) is 6.53. The van der Waals surface area contributed by atoms with Crippen LogP contribution in [0.2, 0.25) is 0 Å². The Morgan fingerprint density at radius 3 is 2.50 bits per heavy atom. The van der Waals surface area contributed by atoms with Gasteiger partial charge in [-0.1, -0.05) is 62.2 Å². The van der Waals surface area contributed by atoms with Gasteiger partial charge in [-0.25, -0.2) is 0 Å². The summed E-state index contributed by atoms with van der Waals surface area (Å²) in [6, 6.07) is 9.17. The highest BCUT2D eigenvalue weighted by Gasteiger charge is 2.57. The van der Waals surface area contributed by atoms with Crippen LogP contribution in [0, 0.1) is 28.6 Å². The van der Waals surface area contributed by atoms with Gasteiger partial charge in [0.2, 0.25) is 0 Å². The highest BCUT2D eigenvalue weighted by Crippen LogP contribution is 2.63. The van der Waals surface area contributed by atoms with Crippen LogP contribution in [0.15, 0.2) is 53.1 Å². The predicted octanol–water partition coefficient (Wildman–Crippen LogP) is 5.11. The number of aldehydes is 2. The van der Waals surface area contributed by atoms with Crippen LogP contribution in [0.3, 0.4) is 0 Å². The minimum atomic E-state index is -0.782. The first-order chi connectivity index (χ1) is 15.3. The summed E-state index contributed by atoms with van der Waals surface area (Å²) in [7, 11) is 0. The summed E-state index contributed by atoms with van der Waals surface area (Å²) in [6.45, 7) is 6.45. The zero-order valence-corrected chi connectivity index (χ0v) is 19.3. The average molecular weight is 435 g/mol. The highest BCUT2D eigenvalue weighted by atomic mass is 16.3. The van der Waals surface area contributed by atoms with Gasteiger partial charge in [0.25, 0.3) is 0 Å². The second kappa shape index (κ2) is 8.55. The van der Waals surface area contributed by atoms with Crippen LogP contribution in [0.25, 0.3) is 0 Å². The summed E-state index contributed by atoms with van der Waals surface area (Å²) in [5.74, 6) is 0.0325. The van der Waals surface area contributed by atoms with Crippen molar-refractivity contribution in [2.45, 2.75) is 65.4 Å². The number of allylic oxidation sites excluding steroid dienone is 3. The summed E-state index contributed by atoms with van der Waals surface area (Å²) >= 11 is 0. The predicted molar refractivity (Wildman–Crippen MR) is 124 cm³/mol. The van der Waals surface area contributed by atoms with E-state index in [1.54, 1.807) is 18.2 Å². The maximum Gasteiger partial charge on any atom is 0.163 e. The minimum Gasteiger partial charge on any atom is -0.388 e. The molecule has 0 aliphatic heterocycles. The largest absolute Gasteiger partial charge is 0.388 e. The van der Waals surface area contributed by atoms with Gasteiger partial charge in [-0.15, -0.1) is 0 Å². The molecule has 0 aromatic heterocycles. The number of hydrogen-bond acceptors (Lipinski definition) is 4. The Labute approximate surface area is 190 Å². The number of rotatable bonds is 6. The van der Waals surface area contributed by atoms with Gasteiger partial charge in [-0.3, -0.25) is 9.59 Å². The number of aliphatic hydroxyl groups is 1. The Hall–Kier alpha value is -2.33. The molecule has 4 heteroatoms. The number of carbonyl (C=O) groups excluding carboxylic acids is 3. The molecule has 0 spiro atoms. The zero-order chi connectivity index (χ0) is 23.1. The SMILES string of the molecule is CC(C)C1=C2[C@H]3C[C@@H](CC(=O)c4ccccc4)C(C=O)=C[C@H](O)[C@]3(C)CC[C@@]2(C=O)CC1. The first-order valence-electron chi connectivity index (χ1n) is 11.9. The Kier molecular flexibility index (Phi) is 6.10. The molecule has 5 atom stereocenters. The van der Waals surface area contributed by atoms with Crippen LogP contribution in [0.1, 0.15) is 69.7 Å². The van der Waals surface area contributed by atoms with Crippen molar-refractivity contribution in [2.24, 2.45) is 28.6 Å². The molecule has 32 heavy (non-hydrogen) atoms. The van der Waals surface area contributed by atoms with E-state index in [2.05, 4.69) is 20.8 Å². The molecule has 0 bridgehead atoms. The Bertz CT molecular complexity index is 972. The molecule has 1 aromatic rings. The second-order valence-electron chi connectivity index (χ2n) is 10.6. The molecule has 1 N–H and O–H groups in total. The average Bonchev–Trinajstić information content (AvgIpc) is 3.15. The van der Waals surface area contributed by atoms with Crippen LogP contribution in [-0.4, -0.2) is 29.6 Å². The third-order valence-corrected chi connectivity index (χ3v) is 8.58. The van der Waals surface area contributed by atoms with Crippen LogP contribution in [0.4, 0.5) is 0 Å². The van der Waals surface area contributed by atoms with E-state index in [-0.39, 0.29) is 24.0 Å². The van der Waals surface area contributed by atoms with E-state index in [4.69, 9.17) is 0 Å². The monoisotopic (exact) mass is 434 g/mol. The van der Waals surface area contributed by atoms with Crippen LogP contribution in [-0.2, 0) is 9.59 Å². The smallest absolute Gasteiger partial charge is 0.163 e. The van der Waals surface area contributed by atoms with Gasteiger partial charge in [0.1, 0.15) is 12.6 Å². The van der Waals surface area contributed by atoms with E-state index in [0.717, 1.165) is 38.3 Å². The van der Waals surface area contributed by atoms with E-state index in [9.17, 15) is 19.5 Å². The lowest BCUT2D eigenvalue weighted by Crippen LogP contribution is -2.47. The minimum absolute atomic E-state index is 0.00314. The van der Waals surface area contributed by atoms with Crippen molar-refractivity contribution in [1.82, 2.24) is 0 Å². The third-order valence-electron chi connectivity index (χ3n) is 8.58. The van der Waals surface area contributed by atoms with Crippen LogP contribution < -0.4 is 0 Å².